The predicted molar refractivity (Wildman–Crippen MR) is 97.6 cm³/mol. The highest BCUT2D eigenvalue weighted by atomic mass is 79.9. The van der Waals surface area contributed by atoms with E-state index in [4.69, 9.17) is 4.74 Å². The van der Waals surface area contributed by atoms with E-state index >= 15 is 0 Å². The maximum Gasteiger partial charge on any atom is 0.245 e. The normalized spacial score (nSPS) is 16.4. The lowest BCUT2D eigenvalue weighted by Gasteiger charge is -2.42. The summed E-state index contributed by atoms with van der Waals surface area (Å²) in [6.45, 7) is 2.25. The summed E-state index contributed by atoms with van der Waals surface area (Å²) >= 11 is 3.35. The fourth-order valence-electron chi connectivity index (χ4n) is 3.02. The maximum atomic E-state index is 13.0. The quantitative estimate of drug-likeness (QED) is 0.777. The Kier molecular flexibility index (Phi) is 4.99. The van der Waals surface area contributed by atoms with Crippen LogP contribution in [0.25, 0.3) is 0 Å². The molecule has 0 aliphatic heterocycles. The van der Waals surface area contributed by atoms with E-state index in [1.54, 1.807) is 18.2 Å². The van der Waals surface area contributed by atoms with Crippen molar-refractivity contribution in [2.75, 3.05) is 6.61 Å². The van der Waals surface area contributed by atoms with E-state index in [2.05, 4.69) is 20.7 Å². The van der Waals surface area contributed by atoms with Crippen molar-refractivity contribution in [1.82, 2.24) is 4.72 Å². The molecule has 0 heterocycles. The van der Waals surface area contributed by atoms with E-state index in [9.17, 15) is 8.42 Å². The van der Waals surface area contributed by atoms with Crippen molar-refractivity contribution in [2.24, 2.45) is 0 Å². The van der Waals surface area contributed by atoms with Crippen LogP contribution in [0.1, 0.15) is 31.7 Å². The van der Waals surface area contributed by atoms with Crippen molar-refractivity contribution in [3.05, 3.63) is 58.6 Å². The van der Waals surface area contributed by atoms with Crippen LogP contribution < -0.4 is 9.46 Å². The van der Waals surface area contributed by atoms with Gasteiger partial charge < -0.3 is 4.74 Å². The Morgan fingerprint density at radius 3 is 2.46 bits per heavy atom. The first-order chi connectivity index (χ1) is 11.5. The van der Waals surface area contributed by atoms with Gasteiger partial charge in [-0.3, -0.25) is 0 Å². The fraction of sp³-hybridized carbons (Fsp3) is 0.333. The summed E-state index contributed by atoms with van der Waals surface area (Å²) in [5.41, 5.74) is 0.485. The van der Waals surface area contributed by atoms with Gasteiger partial charge in [0, 0.05) is 4.47 Å². The van der Waals surface area contributed by atoms with Gasteiger partial charge in [0.25, 0.3) is 0 Å². The smallest absolute Gasteiger partial charge is 0.245 e. The molecular weight excluding hydrogens is 390 g/mol. The lowest BCUT2D eigenvalue weighted by atomic mass is 9.73. The van der Waals surface area contributed by atoms with E-state index in [0.717, 1.165) is 24.8 Å². The van der Waals surface area contributed by atoms with Crippen molar-refractivity contribution in [3.63, 3.8) is 0 Å². The third-order valence-electron chi connectivity index (χ3n) is 4.36. The molecule has 1 aliphatic rings. The van der Waals surface area contributed by atoms with Gasteiger partial charge in [0.2, 0.25) is 10.0 Å². The predicted octanol–water partition coefficient (Wildman–Crippen LogP) is 4.21. The minimum absolute atomic E-state index is 0.168. The number of nitrogens with one attached hydrogen (secondary N) is 1. The standard InChI is InChI=1S/C18H20BrNO3S/c1-2-23-16-10-9-15(19)13-17(16)24(21,22)20-18(11-6-12-18)14-7-4-3-5-8-14/h3-5,7-10,13,20H,2,6,11-12H2,1H3. The molecule has 0 radical (unpaired) electrons. The van der Waals surface area contributed by atoms with Crippen LogP contribution in [0.4, 0.5) is 0 Å². The number of benzene rings is 2. The van der Waals surface area contributed by atoms with E-state index in [-0.39, 0.29) is 4.90 Å². The monoisotopic (exact) mass is 409 g/mol. The first kappa shape index (κ1) is 17.5. The number of hydrogen-bond donors (Lipinski definition) is 1. The molecular formula is C18H20BrNO3S. The van der Waals surface area contributed by atoms with E-state index in [1.165, 1.54) is 0 Å². The van der Waals surface area contributed by atoms with Crippen molar-refractivity contribution in [2.45, 2.75) is 36.6 Å². The second-order valence-electron chi connectivity index (χ2n) is 5.93. The van der Waals surface area contributed by atoms with Gasteiger partial charge in [-0.2, -0.15) is 0 Å². The SMILES string of the molecule is CCOc1ccc(Br)cc1S(=O)(=O)NC1(c2ccccc2)CCC1. The third-order valence-corrected chi connectivity index (χ3v) is 6.41. The van der Waals surface area contributed by atoms with Gasteiger partial charge in [-0.25, -0.2) is 13.1 Å². The zero-order valence-corrected chi connectivity index (χ0v) is 15.9. The van der Waals surface area contributed by atoms with Gasteiger partial charge in [-0.05, 0) is 49.9 Å². The third kappa shape index (κ3) is 3.36. The summed E-state index contributed by atoms with van der Waals surface area (Å²) in [5.74, 6) is 0.371. The summed E-state index contributed by atoms with van der Waals surface area (Å²) in [6, 6.07) is 14.8. The summed E-state index contributed by atoms with van der Waals surface area (Å²) in [6.07, 6.45) is 2.61. The minimum Gasteiger partial charge on any atom is -0.492 e. The lowest BCUT2D eigenvalue weighted by Crippen LogP contribution is -2.50. The van der Waals surface area contributed by atoms with Gasteiger partial charge >= 0.3 is 0 Å². The molecule has 128 valence electrons. The highest BCUT2D eigenvalue weighted by molar-refractivity contribution is 9.10. The van der Waals surface area contributed by atoms with Crippen LogP contribution in [-0.2, 0) is 15.6 Å². The Balaban J connectivity index is 1.98. The van der Waals surface area contributed by atoms with Gasteiger partial charge in [0.05, 0.1) is 12.1 Å². The Bertz CT molecular complexity index is 817. The van der Waals surface area contributed by atoms with Crippen LogP contribution in [-0.4, -0.2) is 15.0 Å². The van der Waals surface area contributed by atoms with Crippen LogP contribution in [0.3, 0.4) is 0 Å². The molecule has 0 aromatic heterocycles. The zero-order valence-electron chi connectivity index (χ0n) is 13.5. The van der Waals surface area contributed by atoms with Crippen LogP contribution in [0.5, 0.6) is 5.75 Å². The number of sulfonamides is 1. The molecule has 1 N–H and O–H groups in total. The average molecular weight is 410 g/mol. The minimum atomic E-state index is -3.71. The topological polar surface area (TPSA) is 55.4 Å². The fourth-order valence-corrected chi connectivity index (χ4v) is 5.15. The van der Waals surface area contributed by atoms with E-state index in [1.807, 2.05) is 37.3 Å². The van der Waals surface area contributed by atoms with Crippen LogP contribution >= 0.6 is 15.9 Å². The summed E-state index contributed by atoms with van der Waals surface area (Å²) < 4.78 is 35.2. The number of halogens is 1. The van der Waals surface area contributed by atoms with Crippen molar-refractivity contribution >= 4 is 26.0 Å². The van der Waals surface area contributed by atoms with Crippen LogP contribution in [0.15, 0.2) is 57.9 Å². The van der Waals surface area contributed by atoms with Gasteiger partial charge in [-0.1, -0.05) is 46.3 Å². The molecule has 2 aromatic carbocycles. The Labute approximate surface area is 151 Å². The molecule has 2 aromatic rings. The molecule has 6 heteroatoms. The average Bonchev–Trinajstić information content (AvgIpc) is 2.54. The number of hydrogen-bond acceptors (Lipinski definition) is 3. The van der Waals surface area contributed by atoms with Gasteiger partial charge in [0.1, 0.15) is 10.6 Å². The molecule has 1 aliphatic carbocycles. The molecule has 0 atom stereocenters. The summed E-state index contributed by atoms with van der Waals surface area (Å²) in [7, 11) is -3.71. The van der Waals surface area contributed by atoms with Crippen molar-refractivity contribution in [1.29, 1.82) is 0 Å². The Morgan fingerprint density at radius 2 is 1.88 bits per heavy atom. The molecule has 24 heavy (non-hydrogen) atoms. The highest BCUT2D eigenvalue weighted by Crippen LogP contribution is 2.43. The molecule has 0 saturated heterocycles. The zero-order chi connectivity index (χ0) is 17.2. The Morgan fingerprint density at radius 1 is 1.17 bits per heavy atom. The second-order valence-corrected chi connectivity index (χ2v) is 8.50. The highest BCUT2D eigenvalue weighted by Gasteiger charge is 2.42. The van der Waals surface area contributed by atoms with E-state index < -0.39 is 15.6 Å². The largest absolute Gasteiger partial charge is 0.492 e. The molecule has 4 nitrogen and oxygen atoms in total. The summed E-state index contributed by atoms with van der Waals surface area (Å²) in [5, 5.41) is 0. The molecule has 3 rings (SSSR count). The molecule has 0 unspecified atom stereocenters. The lowest BCUT2D eigenvalue weighted by molar-refractivity contribution is 0.224. The molecule has 0 bridgehead atoms. The maximum absolute atomic E-state index is 13.0. The summed E-state index contributed by atoms with van der Waals surface area (Å²) in [4.78, 5) is 0.168. The first-order valence-corrected chi connectivity index (χ1v) is 10.3. The molecule has 1 saturated carbocycles. The van der Waals surface area contributed by atoms with Gasteiger partial charge in [0.15, 0.2) is 0 Å². The van der Waals surface area contributed by atoms with Gasteiger partial charge in [-0.15, -0.1) is 0 Å². The van der Waals surface area contributed by atoms with Crippen molar-refractivity contribution in [3.8, 4) is 5.75 Å². The molecule has 1 fully saturated rings. The molecule has 0 spiro atoms. The van der Waals surface area contributed by atoms with Crippen molar-refractivity contribution < 1.29 is 13.2 Å². The van der Waals surface area contributed by atoms with Crippen LogP contribution in [0, 0.1) is 0 Å². The van der Waals surface area contributed by atoms with Crippen LogP contribution in [0.2, 0.25) is 0 Å². The number of ether oxygens (including phenoxy) is 1. The van der Waals surface area contributed by atoms with E-state index in [0.29, 0.717) is 16.8 Å². The molecule has 0 amide bonds. The first-order valence-electron chi connectivity index (χ1n) is 7.99. The Hall–Kier alpha value is -1.37. The second kappa shape index (κ2) is 6.86. The number of rotatable bonds is 6.